The first-order chi connectivity index (χ1) is 8.92. The third-order valence-electron chi connectivity index (χ3n) is 2.23. The molecule has 0 bridgehead atoms. The molecule has 0 spiro atoms. The van der Waals surface area contributed by atoms with Crippen LogP contribution in [0.15, 0.2) is 23.1 Å². The summed E-state index contributed by atoms with van der Waals surface area (Å²) in [5, 5.41) is 17.2. The number of aromatic carboxylic acids is 1. The largest absolute Gasteiger partial charge is 0.495 e. The molecule has 8 heteroatoms. The molecule has 0 radical (unpaired) electrons. The topological polar surface area (TPSA) is 116 Å². The second-order valence-corrected chi connectivity index (χ2v) is 5.21. The minimum Gasteiger partial charge on any atom is -0.495 e. The molecular weight excluding hydrogens is 272 g/mol. The maximum absolute atomic E-state index is 12.0. The van der Waals surface area contributed by atoms with Gasteiger partial charge in [0.15, 0.2) is 0 Å². The second-order valence-electron chi connectivity index (χ2n) is 3.48. The molecule has 0 atom stereocenters. The van der Waals surface area contributed by atoms with Crippen molar-refractivity contribution in [2.75, 3.05) is 13.7 Å². The minimum atomic E-state index is -3.92. The van der Waals surface area contributed by atoms with Gasteiger partial charge in [0.1, 0.15) is 10.6 Å². The first-order valence-corrected chi connectivity index (χ1v) is 6.68. The van der Waals surface area contributed by atoms with Gasteiger partial charge in [0.2, 0.25) is 10.0 Å². The molecule has 0 aliphatic heterocycles. The number of nitriles is 1. The van der Waals surface area contributed by atoms with Crippen molar-refractivity contribution >= 4 is 16.0 Å². The molecule has 0 aliphatic rings. The second kappa shape index (κ2) is 6.17. The number of rotatable bonds is 6. The quantitative estimate of drug-likeness (QED) is 0.738. The van der Waals surface area contributed by atoms with Crippen molar-refractivity contribution in [2.45, 2.75) is 11.3 Å². The molecule has 0 heterocycles. The number of sulfonamides is 1. The number of carbonyl (C=O) groups is 1. The summed E-state index contributed by atoms with van der Waals surface area (Å²) in [5.74, 6) is -1.20. The van der Waals surface area contributed by atoms with Crippen LogP contribution in [0.1, 0.15) is 16.8 Å². The maximum Gasteiger partial charge on any atom is 0.335 e. The van der Waals surface area contributed by atoms with E-state index >= 15 is 0 Å². The van der Waals surface area contributed by atoms with Crippen LogP contribution in [0.5, 0.6) is 5.75 Å². The Balaban J connectivity index is 3.19. The SMILES string of the molecule is COc1ccc(C(=O)O)cc1S(=O)(=O)NCCC#N. The molecule has 0 saturated heterocycles. The Morgan fingerprint density at radius 2 is 2.21 bits per heavy atom. The van der Waals surface area contributed by atoms with Crippen LogP contribution in [0, 0.1) is 11.3 Å². The summed E-state index contributed by atoms with van der Waals surface area (Å²) in [6, 6.07) is 5.32. The van der Waals surface area contributed by atoms with Crippen molar-refractivity contribution in [1.82, 2.24) is 4.72 Å². The number of carboxylic acid groups (broad SMARTS) is 1. The van der Waals surface area contributed by atoms with E-state index in [-0.39, 0.29) is 29.2 Å². The standard InChI is InChI=1S/C11H12N2O5S/c1-18-9-4-3-8(11(14)15)7-10(9)19(16,17)13-6-2-5-12/h3-4,7,13H,2,6H2,1H3,(H,14,15). The van der Waals surface area contributed by atoms with Crippen LogP contribution >= 0.6 is 0 Å². The summed E-state index contributed by atoms with van der Waals surface area (Å²) in [4.78, 5) is 10.6. The van der Waals surface area contributed by atoms with Gasteiger partial charge in [0, 0.05) is 13.0 Å². The predicted octanol–water partition coefficient (Wildman–Crippen LogP) is 0.585. The van der Waals surface area contributed by atoms with Gasteiger partial charge < -0.3 is 9.84 Å². The Labute approximate surface area is 110 Å². The summed E-state index contributed by atoms with van der Waals surface area (Å²) in [5.41, 5.74) is -0.165. The number of benzene rings is 1. The summed E-state index contributed by atoms with van der Waals surface area (Å²) >= 11 is 0. The molecule has 0 unspecified atom stereocenters. The third kappa shape index (κ3) is 3.67. The number of ether oxygens (including phenoxy) is 1. The minimum absolute atomic E-state index is 0.0141. The predicted molar refractivity (Wildman–Crippen MR) is 65.4 cm³/mol. The number of hydrogen-bond acceptors (Lipinski definition) is 5. The third-order valence-corrected chi connectivity index (χ3v) is 3.71. The molecule has 1 aromatic rings. The zero-order chi connectivity index (χ0) is 14.5. The first kappa shape index (κ1) is 14.9. The smallest absolute Gasteiger partial charge is 0.335 e. The Bertz CT molecular complexity index is 618. The van der Waals surface area contributed by atoms with Gasteiger partial charge in [-0.3, -0.25) is 0 Å². The van der Waals surface area contributed by atoms with Crippen LogP contribution in [0.4, 0.5) is 0 Å². The molecule has 0 aromatic heterocycles. The van der Waals surface area contributed by atoms with Crippen LogP contribution in [-0.2, 0) is 10.0 Å². The van der Waals surface area contributed by atoms with E-state index in [4.69, 9.17) is 15.1 Å². The Hall–Kier alpha value is -2.11. The lowest BCUT2D eigenvalue weighted by Gasteiger charge is -2.10. The monoisotopic (exact) mass is 284 g/mol. The van der Waals surface area contributed by atoms with E-state index in [1.807, 2.05) is 0 Å². The zero-order valence-electron chi connectivity index (χ0n) is 10.1. The molecular formula is C11H12N2O5S. The highest BCUT2D eigenvalue weighted by atomic mass is 32.2. The molecule has 1 rings (SSSR count). The zero-order valence-corrected chi connectivity index (χ0v) is 10.9. The molecule has 0 aliphatic carbocycles. The van der Waals surface area contributed by atoms with E-state index in [1.54, 1.807) is 6.07 Å². The van der Waals surface area contributed by atoms with Crippen LogP contribution < -0.4 is 9.46 Å². The van der Waals surface area contributed by atoms with Crippen LogP contribution in [0.2, 0.25) is 0 Å². The lowest BCUT2D eigenvalue weighted by molar-refractivity contribution is 0.0696. The van der Waals surface area contributed by atoms with Gasteiger partial charge in [-0.2, -0.15) is 5.26 Å². The summed E-state index contributed by atoms with van der Waals surface area (Å²) in [7, 11) is -2.64. The fourth-order valence-electron chi connectivity index (χ4n) is 1.34. The summed E-state index contributed by atoms with van der Waals surface area (Å²) in [6.07, 6.45) is 0.0141. The van der Waals surface area contributed by atoms with Gasteiger partial charge in [-0.05, 0) is 18.2 Å². The number of methoxy groups -OCH3 is 1. The Kier molecular flexibility index (Phi) is 4.86. The van der Waals surface area contributed by atoms with Gasteiger partial charge in [0.05, 0.1) is 18.7 Å². The average Bonchev–Trinajstić information content (AvgIpc) is 2.38. The molecule has 19 heavy (non-hydrogen) atoms. The van der Waals surface area contributed by atoms with Gasteiger partial charge in [-0.25, -0.2) is 17.9 Å². The molecule has 102 valence electrons. The van der Waals surface area contributed by atoms with E-state index in [1.165, 1.54) is 19.2 Å². The molecule has 2 N–H and O–H groups in total. The van der Waals surface area contributed by atoms with Crippen molar-refractivity contribution in [3.8, 4) is 11.8 Å². The van der Waals surface area contributed by atoms with Crippen LogP contribution in [-0.4, -0.2) is 33.1 Å². The van der Waals surface area contributed by atoms with E-state index < -0.39 is 16.0 Å². The average molecular weight is 284 g/mol. The molecule has 0 amide bonds. The van der Waals surface area contributed by atoms with Gasteiger partial charge in [-0.1, -0.05) is 0 Å². The number of hydrogen-bond donors (Lipinski definition) is 2. The molecule has 7 nitrogen and oxygen atoms in total. The Morgan fingerprint density at radius 1 is 1.53 bits per heavy atom. The fourth-order valence-corrected chi connectivity index (χ4v) is 2.56. The maximum atomic E-state index is 12.0. The van der Waals surface area contributed by atoms with Crippen molar-refractivity contribution < 1.29 is 23.1 Å². The lowest BCUT2D eigenvalue weighted by atomic mass is 10.2. The highest BCUT2D eigenvalue weighted by molar-refractivity contribution is 7.89. The highest BCUT2D eigenvalue weighted by Crippen LogP contribution is 2.24. The number of nitrogens with zero attached hydrogens (tertiary/aromatic N) is 1. The molecule has 0 saturated carbocycles. The van der Waals surface area contributed by atoms with Crippen molar-refractivity contribution in [3.05, 3.63) is 23.8 Å². The van der Waals surface area contributed by atoms with Crippen molar-refractivity contribution in [1.29, 1.82) is 5.26 Å². The van der Waals surface area contributed by atoms with E-state index in [2.05, 4.69) is 4.72 Å². The van der Waals surface area contributed by atoms with E-state index in [0.717, 1.165) is 6.07 Å². The van der Waals surface area contributed by atoms with Gasteiger partial charge in [0.25, 0.3) is 0 Å². The lowest BCUT2D eigenvalue weighted by Crippen LogP contribution is -2.25. The first-order valence-electron chi connectivity index (χ1n) is 5.20. The molecule has 0 fully saturated rings. The Morgan fingerprint density at radius 3 is 2.74 bits per heavy atom. The normalized spacial score (nSPS) is 10.7. The fraction of sp³-hybridized carbons (Fsp3) is 0.273. The molecule has 1 aromatic carbocycles. The van der Waals surface area contributed by atoms with Gasteiger partial charge in [-0.15, -0.1) is 0 Å². The van der Waals surface area contributed by atoms with Gasteiger partial charge >= 0.3 is 5.97 Å². The van der Waals surface area contributed by atoms with E-state index in [0.29, 0.717) is 0 Å². The number of nitrogens with one attached hydrogen (secondary N) is 1. The van der Waals surface area contributed by atoms with Crippen molar-refractivity contribution in [3.63, 3.8) is 0 Å². The van der Waals surface area contributed by atoms with Crippen LogP contribution in [0.25, 0.3) is 0 Å². The highest BCUT2D eigenvalue weighted by Gasteiger charge is 2.21. The summed E-state index contributed by atoms with van der Waals surface area (Å²) in [6.45, 7) is -0.0563. The van der Waals surface area contributed by atoms with Crippen LogP contribution in [0.3, 0.4) is 0 Å². The van der Waals surface area contributed by atoms with Crippen molar-refractivity contribution in [2.24, 2.45) is 0 Å². The summed E-state index contributed by atoms with van der Waals surface area (Å²) < 4.78 is 31.0. The number of carboxylic acids is 1. The van der Waals surface area contributed by atoms with E-state index in [9.17, 15) is 13.2 Å².